The Hall–Kier alpha value is -5.28. The number of ketones is 1. The summed E-state index contributed by atoms with van der Waals surface area (Å²) in [5.41, 5.74) is 1.18. The van der Waals surface area contributed by atoms with Crippen molar-refractivity contribution in [3.8, 4) is 0 Å². The third kappa shape index (κ3) is 5.57. The minimum atomic E-state index is -4.61. The van der Waals surface area contributed by atoms with Gasteiger partial charge in [-0.05, 0) is 72.3 Å². The van der Waals surface area contributed by atoms with E-state index in [4.69, 9.17) is 11.6 Å². The van der Waals surface area contributed by atoms with Crippen LogP contribution in [0.1, 0.15) is 31.8 Å². The van der Waals surface area contributed by atoms with Crippen LogP contribution in [0.15, 0.2) is 116 Å². The molecule has 10 heteroatoms. The topological polar surface area (TPSA) is 72.3 Å². The third-order valence-electron chi connectivity index (χ3n) is 7.20. The number of benzene rings is 4. The van der Waals surface area contributed by atoms with E-state index in [1.54, 1.807) is 60.9 Å². The van der Waals surface area contributed by atoms with Gasteiger partial charge in [0.2, 0.25) is 0 Å². The van der Waals surface area contributed by atoms with Crippen LogP contribution in [0.2, 0.25) is 5.02 Å². The van der Waals surface area contributed by atoms with Crippen molar-refractivity contribution < 1.29 is 27.6 Å². The van der Waals surface area contributed by atoms with Crippen LogP contribution >= 0.6 is 11.6 Å². The Morgan fingerprint density at radius 2 is 1.57 bits per heavy atom. The van der Waals surface area contributed by atoms with E-state index < -0.39 is 29.3 Å². The Balaban J connectivity index is 1.42. The number of alkyl halides is 3. The Morgan fingerprint density at radius 1 is 0.841 bits per heavy atom. The highest BCUT2D eigenvalue weighted by Gasteiger charge is 2.34. The average Bonchev–Trinajstić information content (AvgIpc) is 3.39. The van der Waals surface area contributed by atoms with Crippen LogP contribution in [0, 0.1) is 0 Å². The van der Waals surface area contributed by atoms with E-state index in [9.17, 15) is 27.6 Å². The van der Waals surface area contributed by atoms with Crippen LogP contribution in [-0.2, 0) is 17.5 Å². The summed E-state index contributed by atoms with van der Waals surface area (Å²) < 4.78 is 41.4. The zero-order valence-electron chi connectivity index (χ0n) is 22.8. The summed E-state index contributed by atoms with van der Waals surface area (Å²) in [6, 6.07) is 25.7. The summed E-state index contributed by atoms with van der Waals surface area (Å²) in [6.45, 7) is 0.380. The quantitative estimate of drug-likeness (QED) is 0.141. The minimum Gasteiger partial charge on any atom is -0.342 e. The number of hydrogen-bond acceptors (Lipinski definition) is 4. The van der Waals surface area contributed by atoms with Gasteiger partial charge in [0, 0.05) is 45.8 Å². The van der Waals surface area contributed by atoms with Crippen molar-refractivity contribution in [2.45, 2.75) is 12.7 Å². The predicted molar refractivity (Wildman–Crippen MR) is 162 cm³/mol. The van der Waals surface area contributed by atoms with E-state index in [-0.39, 0.29) is 16.8 Å². The molecule has 0 bridgehead atoms. The third-order valence-corrected chi connectivity index (χ3v) is 7.46. The molecular weight excluding hydrogens is 591 g/mol. The van der Waals surface area contributed by atoms with E-state index in [0.29, 0.717) is 38.3 Å². The van der Waals surface area contributed by atoms with Gasteiger partial charge >= 0.3 is 12.1 Å². The van der Waals surface area contributed by atoms with Gasteiger partial charge in [0.05, 0.1) is 22.3 Å². The van der Waals surface area contributed by atoms with Crippen molar-refractivity contribution in [1.82, 2.24) is 9.55 Å². The molecule has 2 aromatic heterocycles. The molecule has 2 heterocycles. The number of anilines is 1. The number of hydrogen-bond donors (Lipinski definition) is 0. The summed E-state index contributed by atoms with van der Waals surface area (Å²) in [4.78, 5) is 46.7. The average molecular weight is 612 g/mol. The molecular formula is C34H21ClF3N3O3. The first-order chi connectivity index (χ1) is 21.1. The summed E-state index contributed by atoms with van der Waals surface area (Å²) in [6.07, 6.45) is -1.47. The second-order valence-corrected chi connectivity index (χ2v) is 10.5. The highest BCUT2D eigenvalue weighted by molar-refractivity contribution is 6.53. The predicted octanol–water partition coefficient (Wildman–Crippen LogP) is 7.97. The number of imide groups is 1. The fraction of sp³-hybridized carbons (Fsp3) is 0.0588. The molecule has 0 radical (unpaired) electrons. The van der Waals surface area contributed by atoms with Gasteiger partial charge in [0.25, 0.3) is 11.7 Å². The molecule has 0 aliphatic carbocycles. The van der Waals surface area contributed by atoms with Crippen LogP contribution in [0.25, 0.3) is 21.8 Å². The molecule has 218 valence electrons. The largest absolute Gasteiger partial charge is 0.416 e. The summed E-state index contributed by atoms with van der Waals surface area (Å²) in [5.74, 6) is -3.07. The fourth-order valence-electron chi connectivity index (χ4n) is 5.02. The van der Waals surface area contributed by atoms with Crippen molar-refractivity contribution in [3.05, 3.63) is 143 Å². The van der Waals surface area contributed by atoms with Crippen molar-refractivity contribution in [2.24, 2.45) is 0 Å². The monoisotopic (exact) mass is 611 g/mol. The molecule has 0 N–H and O–H groups in total. The summed E-state index contributed by atoms with van der Waals surface area (Å²) >= 11 is 6.03. The second-order valence-electron chi connectivity index (χ2n) is 10.0. The van der Waals surface area contributed by atoms with E-state index in [1.165, 1.54) is 12.1 Å². The lowest BCUT2D eigenvalue weighted by Crippen LogP contribution is -2.41. The highest BCUT2D eigenvalue weighted by Crippen LogP contribution is 2.31. The van der Waals surface area contributed by atoms with Crippen LogP contribution < -0.4 is 4.90 Å². The van der Waals surface area contributed by atoms with Crippen LogP contribution in [-0.4, -0.2) is 27.1 Å². The molecule has 2 amide bonds. The van der Waals surface area contributed by atoms with Gasteiger partial charge in [-0.15, -0.1) is 0 Å². The van der Waals surface area contributed by atoms with Gasteiger partial charge in [-0.3, -0.25) is 19.4 Å². The summed E-state index contributed by atoms with van der Waals surface area (Å²) in [7, 11) is 0. The van der Waals surface area contributed by atoms with Crippen LogP contribution in [0.4, 0.5) is 18.9 Å². The number of carbonyl (C=O) groups is 3. The van der Waals surface area contributed by atoms with Crippen LogP contribution in [0.5, 0.6) is 0 Å². The zero-order valence-corrected chi connectivity index (χ0v) is 23.5. The lowest BCUT2D eigenvalue weighted by atomic mass is 10.1. The normalized spacial score (nSPS) is 11.5. The molecule has 6 nitrogen and oxygen atoms in total. The standard InChI is InChI=1S/C34H21ClF3N3O3/c35-25-13-7-21(8-14-25)19-40-20-28(27-5-1-2-6-30(27)40)31(42)33(44)41(26-15-16-29-23(18-26)4-3-17-39-29)32(43)22-9-11-24(12-10-22)34(36,37)38/h1-18,20H,19H2. The SMILES string of the molecule is O=C(C(=O)N(C(=O)c1ccc(C(F)(F)F)cc1)c1ccc2ncccc2c1)c1cn(Cc2ccc(Cl)cc2)c2ccccc12. The minimum absolute atomic E-state index is 0.0682. The number of aromatic nitrogens is 2. The first-order valence-corrected chi connectivity index (χ1v) is 13.8. The first kappa shape index (κ1) is 28.8. The fourth-order valence-corrected chi connectivity index (χ4v) is 5.15. The number of para-hydroxylation sites is 1. The van der Waals surface area contributed by atoms with Gasteiger partial charge in [-0.2, -0.15) is 13.2 Å². The highest BCUT2D eigenvalue weighted by atomic mass is 35.5. The molecule has 0 spiro atoms. The van der Waals surface area contributed by atoms with E-state index >= 15 is 0 Å². The van der Waals surface area contributed by atoms with Gasteiger partial charge in [-0.1, -0.05) is 48.0 Å². The number of Topliss-reactive ketones (excluding diaryl/α,β-unsaturated/α-hetero) is 1. The van der Waals surface area contributed by atoms with Crippen molar-refractivity contribution >= 4 is 56.7 Å². The molecule has 0 aliphatic rings. The molecule has 0 aliphatic heterocycles. The molecule has 0 unspecified atom stereocenters. The second kappa shape index (κ2) is 11.4. The summed E-state index contributed by atoms with van der Waals surface area (Å²) in [5, 5.41) is 1.68. The Labute approximate surface area is 253 Å². The van der Waals surface area contributed by atoms with Crippen molar-refractivity contribution in [3.63, 3.8) is 0 Å². The number of pyridine rings is 1. The van der Waals surface area contributed by atoms with E-state index in [0.717, 1.165) is 29.8 Å². The Bertz CT molecular complexity index is 2050. The molecule has 0 saturated carbocycles. The molecule has 4 aromatic carbocycles. The molecule has 6 rings (SSSR count). The molecule has 6 aromatic rings. The number of rotatable bonds is 6. The molecule has 0 fully saturated rings. The maximum absolute atomic E-state index is 14.0. The van der Waals surface area contributed by atoms with Crippen LogP contribution in [0.3, 0.4) is 0 Å². The maximum Gasteiger partial charge on any atom is 0.416 e. The van der Waals surface area contributed by atoms with Gasteiger partial charge < -0.3 is 4.57 Å². The van der Waals surface area contributed by atoms with Gasteiger partial charge in [-0.25, -0.2) is 4.90 Å². The Morgan fingerprint density at radius 3 is 2.30 bits per heavy atom. The number of carbonyl (C=O) groups excluding carboxylic acids is 3. The van der Waals surface area contributed by atoms with E-state index in [2.05, 4.69) is 4.98 Å². The smallest absolute Gasteiger partial charge is 0.342 e. The first-order valence-electron chi connectivity index (χ1n) is 13.4. The molecule has 0 atom stereocenters. The maximum atomic E-state index is 14.0. The van der Waals surface area contributed by atoms with E-state index in [1.807, 2.05) is 22.8 Å². The number of nitrogens with zero attached hydrogens (tertiary/aromatic N) is 3. The molecule has 44 heavy (non-hydrogen) atoms. The number of fused-ring (bicyclic) bond motifs is 2. The Kier molecular flexibility index (Phi) is 7.48. The lowest BCUT2D eigenvalue weighted by molar-refractivity contribution is -0.137. The zero-order chi connectivity index (χ0) is 31.0. The number of amides is 2. The number of halogens is 4. The van der Waals surface area contributed by atoms with Crippen molar-refractivity contribution in [1.29, 1.82) is 0 Å². The van der Waals surface area contributed by atoms with Gasteiger partial charge in [0.15, 0.2) is 0 Å². The lowest BCUT2D eigenvalue weighted by Gasteiger charge is -2.21. The molecule has 0 saturated heterocycles. The van der Waals surface area contributed by atoms with Crippen molar-refractivity contribution in [2.75, 3.05) is 4.90 Å². The van der Waals surface area contributed by atoms with Gasteiger partial charge in [0.1, 0.15) is 0 Å².